The quantitative estimate of drug-likeness (QED) is 0.850. The van der Waals surface area contributed by atoms with Crippen LogP contribution in [-0.4, -0.2) is 40.7 Å². The van der Waals surface area contributed by atoms with E-state index in [0.29, 0.717) is 19.6 Å². The molecule has 2 aromatic rings. The lowest BCUT2D eigenvalue weighted by Gasteiger charge is -2.35. The normalized spacial score (nSPS) is 22.7. The number of nitrogens with zero attached hydrogens (tertiary/aromatic N) is 2. The molecule has 2 heterocycles. The van der Waals surface area contributed by atoms with Crippen molar-refractivity contribution in [1.82, 2.24) is 9.47 Å². The number of carbonyl (C=O) groups excluding carboxylic acids is 1. The number of morpholine rings is 1. The summed E-state index contributed by atoms with van der Waals surface area (Å²) in [5.41, 5.74) is 2.25. The predicted octanol–water partition coefficient (Wildman–Crippen LogP) is 2.59. The highest BCUT2D eigenvalue weighted by molar-refractivity contribution is 5.84. The first-order valence-corrected chi connectivity index (χ1v) is 7.52. The first-order chi connectivity index (χ1) is 10.0. The molecule has 3 rings (SSSR count). The number of fused-ring (bicyclic) bond motifs is 1. The molecule has 4 heteroatoms. The highest BCUT2D eigenvalue weighted by Crippen LogP contribution is 2.20. The van der Waals surface area contributed by atoms with Crippen molar-refractivity contribution in [2.45, 2.75) is 39.5 Å². The summed E-state index contributed by atoms with van der Waals surface area (Å²) in [4.78, 5) is 14.5. The zero-order chi connectivity index (χ0) is 15.0. The van der Waals surface area contributed by atoms with Gasteiger partial charge in [0.25, 0.3) is 0 Å². The molecule has 0 unspecified atom stereocenters. The van der Waals surface area contributed by atoms with Crippen molar-refractivity contribution < 1.29 is 9.53 Å². The Bertz CT molecular complexity index is 652. The second kappa shape index (κ2) is 5.53. The van der Waals surface area contributed by atoms with Crippen LogP contribution in [0.2, 0.25) is 0 Å². The second-order valence-electron chi connectivity index (χ2n) is 5.99. The molecular formula is C17H22N2O2. The van der Waals surface area contributed by atoms with Crippen LogP contribution in [0.4, 0.5) is 0 Å². The predicted molar refractivity (Wildman–Crippen MR) is 83.3 cm³/mol. The zero-order valence-corrected chi connectivity index (χ0v) is 12.9. The van der Waals surface area contributed by atoms with Crippen molar-refractivity contribution in [3.8, 4) is 0 Å². The van der Waals surface area contributed by atoms with Gasteiger partial charge in [-0.2, -0.15) is 0 Å². The average molecular weight is 286 g/mol. The Labute approximate surface area is 125 Å². The van der Waals surface area contributed by atoms with Gasteiger partial charge in [0.1, 0.15) is 6.54 Å². The standard InChI is InChI=1S/C17H22N2O2/c1-12-8-15-6-4-5-7-16(15)19(12)11-17(20)18-9-13(2)21-14(3)10-18/h4-8,13-14H,9-11H2,1-3H3/t13-,14+. The molecule has 1 saturated heterocycles. The van der Waals surface area contributed by atoms with Crippen LogP contribution in [0.5, 0.6) is 0 Å². The zero-order valence-electron chi connectivity index (χ0n) is 12.9. The Morgan fingerprint density at radius 2 is 1.90 bits per heavy atom. The molecule has 0 N–H and O–H groups in total. The fraction of sp³-hybridized carbons (Fsp3) is 0.471. The van der Waals surface area contributed by atoms with Gasteiger partial charge < -0.3 is 14.2 Å². The number of aromatic nitrogens is 1. The largest absolute Gasteiger partial charge is 0.372 e. The minimum atomic E-state index is 0.111. The van der Waals surface area contributed by atoms with Crippen molar-refractivity contribution in [2.24, 2.45) is 0 Å². The van der Waals surface area contributed by atoms with E-state index in [4.69, 9.17) is 4.74 Å². The van der Waals surface area contributed by atoms with Crippen LogP contribution >= 0.6 is 0 Å². The summed E-state index contributed by atoms with van der Waals surface area (Å²) in [5.74, 6) is 0.168. The topological polar surface area (TPSA) is 34.5 Å². The number of hydrogen-bond donors (Lipinski definition) is 0. The van der Waals surface area contributed by atoms with Crippen molar-refractivity contribution in [3.05, 3.63) is 36.0 Å². The number of carbonyl (C=O) groups is 1. The lowest BCUT2D eigenvalue weighted by atomic mass is 10.2. The van der Waals surface area contributed by atoms with E-state index in [1.165, 1.54) is 5.39 Å². The summed E-state index contributed by atoms with van der Waals surface area (Å²) in [5, 5.41) is 1.19. The van der Waals surface area contributed by atoms with Gasteiger partial charge in [0.2, 0.25) is 5.91 Å². The third-order valence-electron chi connectivity index (χ3n) is 4.08. The maximum Gasteiger partial charge on any atom is 0.242 e. The molecule has 0 radical (unpaired) electrons. The third-order valence-corrected chi connectivity index (χ3v) is 4.08. The van der Waals surface area contributed by atoms with E-state index >= 15 is 0 Å². The van der Waals surface area contributed by atoms with Crippen LogP contribution in [0.15, 0.2) is 30.3 Å². The molecule has 0 saturated carbocycles. The van der Waals surface area contributed by atoms with Gasteiger partial charge in [-0.05, 0) is 38.3 Å². The van der Waals surface area contributed by atoms with Gasteiger partial charge in [-0.15, -0.1) is 0 Å². The van der Waals surface area contributed by atoms with Gasteiger partial charge in [0, 0.05) is 24.3 Å². The SMILES string of the molecule is Cc1cc2ccccc2n1CC(=O)N1C[C@@H](C)O[C@@H](C)C1. The number of para-hydroxylation sites is 1. The molecule has 4 nitrogen and oxygen atoms in total. The van der Waals surface area contributed by atoms with E-state index in [2.05, 4.69) is 29.7 Å². The number of ether oxygens (including phenoxy) is 1. The number of benzene rings is 1. The van der Waals surface area contributed by atoms with E-state index in [0.717, 1.165) is 11.2 Å². The van der Waals surface area contributed by atoms with Crippen molar-refractivity contribution in [1.29, 1.82) is 0 Å². The minimum absolute atomic E-state index is 0.111. The van der Waals surface area contributed by atoms with Crippen molar-refractivity contribution in [3.63, 3.8) is 0 Å². The Morgan fingerprint density at radius 3 is 2.62 bits per heavy atom. The van der Waals surface area contributed by atoms with Crippen LogP contribution in [-0.2, 0) is 16.1 Å². The highest BCUT2D eigenvalue weighted by atomic mass is 16.5. The van der Waals surface area contributed by atoms with Crippen LogP contribution in [0.1, 0.15) is 19.5 Å². The maximum absolute atomic E-state index is 12.6. The third kappa shape index (κ3) is 2.81. The fourth-order valence-corrected chi connectivity index (χ4v) is 3.18. The molecule has 1 aromatic carbocycles. The molecule has 1 aliphatic heterocycles. The summed E-state index contributed by atoms with van der Waals surface area (Å²) >= 11 is 0. The monoisotopic (exact) mass is 286 g/mol. The molecule has 0 aliphatic carbocycles. The van der Waals surface area contributed by atoms with Crippen LogP contribution < -0.4 is 0 Å². The number of hydrogen-bond acceptors (Lipinski definition) is 2. The molecule has 112 valence electrons. The van der Waals surface area contributed by atoms with Crippen molar-refractivity contribution >= 4 is 16.8 Å². The van der Waals surface area contributed by atoms with Crippen molar-refractivity contribution in [2.75, 3.05) is 13.1 Å². The minimum Gasteiger partial charge on any atom is -0.372 e. The molecule has 1 aromatic heterocycles. The Morgan fingerprint density at radius 1 is 1.24 bits per heavy atom. The van der Waals surface area contributed by atoms with Gasteiger partial charge in [0.05, 0.1) is 12.2 Å². The molecule has 21 heavy (non-hydrogen) atoms. The van der Waals surface area contributed by atoms with Crippen LogP contribution in [0, 0.1) is 6.92 Å². The molecule has 1 fully saturated rings. The molecule has 1 amide bonds. The summed E-state index contributed by atoms with van der Waals surface area (Å²) < 4.78 is 7.79. The Kier molecular flexibility index (Phi) is 3.72. The van der Waals surface area contributed by atoms with E-state index in [1.54, 1.807) is 0 Å². The Hall–Kier alpha value is -1.81. The summed E-state index contributed by atoms with van der Waals surface area (Å²) in [6.07, 6.45) is 0.223. The fourth-order valence-electron chi connectivity index (χ4n) is 3.18. The molecular weight excluding hydrogens is 264 g/mol. The molecule has 2 atom stereocenters. The number of amides is 1. The van der Waals surface area contributed by atoms with Gasteiger partial charge in [-0.25, -0.2) is 0 Å². The Balaban J connectivity index is 1.81. The molecule has 0 spiro atoms. The van der Waals surface area contributed by atoms with Gasteiger partial charge in [-0.3, -0.25) is 4.79 Å². The van der Waals surface area contributed by atoms with E-state index in [-0.39, 0.29) is 18.1 Å². The summed E-state index contributed by atoms with van der Waals surface area (Å²) in [6, 6.07) is 10.3. The highest BCUT2D eigenvalue weighted by Gasteiger charge is 2.26. The second-order valence-corrected chi connectivity index (χ2v) is 5.99. The van der Waals surface area contributed by atoms with E-state index < -0.39 is 0 Å². The number of aryl methyl sites for hydroxylation is 1. The summed E-state index contributed by atoms with van der Waals surface area (Å²) in [7, 11) is 0. The van der Waals surface area contributed by atoms with Crippen LogP contribution in [0.25, 0.3) is 10.9 Å². The summed E-state index contributed by atoms with van der Waals surface area (Å²) in [6.45, 7) is 7.86. The lowest BCUT2D eigenvalue weighted by molar-refractivity contribution is -0.143. The first-order valence-electron chi connectivity index (χ1n) is 7.52. The maximum atomic E-state index is 12.6. The van der Waals surface area contributed by atoms with Gasteiger partial charge in [-0.1, -0.05) is 18.2 Å². The number of rotatable bonds is 2. The van der Waals surface area contributed by atoms with Gasteiger partial charge in [0.15, 0.2) is 0 Å². The van der Waals surface area contributed by atoms with Gasteiger partial charge >= 0.3 is 0 Å². The van der Waals surface area contributed by atoms with E-state index in [9.17, 15) is 4.79 Å². The average Bonchev–Trinajstić information content (AvgIpc) is 2.74. The molecule has 0 bridgehead atoms. The molecule has 1 aliphatic rings. The smallest absolute Gasteiger partial charge is 0.242 e. The first kappa shape index (κ1) is 14.1. The lowest BCUT2D eigenvalue weighted by Crippen LogP contribution is -2.49. The van der Waals surface area contributed by atoms with E-state index in [1.807, 2.05) is 30.9 Å². The van der Waals surface area contributed by atoms with Crippen LogP contribution in [0.3, 0.4) is 0 Å².